The van der Waals surface area contributed by atoms with E-state index < -0.39 is 14.9 Å². The molecule has 2 aromatic carbocycles. The van der Waals surface area contributed by atoms with Crippen LogP contribution in [0.2, 0.25) is 0 Å². The van der Waals surface area contributed by atoms with Gasteiger partial charge in [-0.3, -0.25) is 10.1 Å². The van der Waals surface area contributed by atoms with Crippen molar-refractivity contribution in [2.75, 3.05) is 5.32 Å². The number of nitrogens with one attached hydrogen (secondary N) is 1. The Hall–Kier alpha value is -2.45. The van der Waals surface area contributed by atoms with Crippen molar-refractivity contribution in [1.82, 2.24) is 0 Å². The summed E-state index contributed by atoms with van der Waals surface area (Å²) in [6, 6.07) is 11.2. The topological polar surface area (TPSA) is 115 Å². The van der Waals surface area contributed by atoms with Crippen LogP contribution in [0, 0.1) is 17.0 Å². The normalized spacial score (nSPS) is 11.2. The highest BCUT2D eigenvalue weighted by atomic mass is 32.2. The number of anilines is 1. The van der Waals surface area contributed by atoms with Crippen molar-refractivity contribution in [1.29, 1.82) is 0 Å². The number of aryl methyl sites for hydroxylation is 1. The summed E-state index contributed by atoms with van der Waals surface area (Å²) in [5.41, 5.74) is 1.95. The summed E-state index contributed by atoms with van der Waals surface area (Å²) in [6.07, 6.45) is 0. The van der Waals surface area contributed by atoms with Gasteiger partial charge in [-0.05, 0) is 30.2 Å². The molecular formula is C14H15N3O4S. The minimum absolute atomic E-state index is 0.237. The van der Waals surface area contributed by atoms with E-state index in [1.54, 1.807) is 0 Å². The molecule has 2 aromatic rings. The molecular weight excluding hydrogens is 306 g/mol. The quantitative estimate of drug-likeness (QED) is 0.646. The molecule has 0 spiro atoms. The van der Waals surface area contributed by atoms with Crippen LogP contribution >= 0.6 is 0 Å². The van der Waals surface area contributed by atoms with E-state index in [-0.39, 0.29) is 16.3 Å². The van der Waals surface area contributed by atoms with E-state index in [0.717, 1.165) is 17.2 Å². The van der Waals surface area contributed by atoms with Gasteiger partial charge in [-0.1, -0.05) is 24.3 Å². The Bertz CT molecular complexity index is 819. The molecule has 0 radical (unpaired) electrons. The van der Waals surface area contributed by atoms with Gasteiger partial charge in [0.05, 0.1) is 9.82 Å². The molecule has 0 aliphatic rings. The highest BCUT2D eigenvalue weighted by Gasteiger charge is 2.18. The maximum Gasteiger partial charge on any atom is 0.293 e. The molecule has 0 unspecified atom stereocenters. The predicted molar refractivity (Wildman–Crippen MR) is 83.0 cm³/mol. The standard InChI is InChI=1S/C14H15N3O4S/c1-10-4-2-3-5-11(10)9-16-13-7-6-12(22(15,20)21)8-14(13)17(18)19/h2-8,16H,9H2,1H3,(H2,15,20,21). The molecule has 0 amide bonds. The molecule has 0 aliphatic heterocycles. The molecule has 0 aliphatic carbocycles. The Morgan fingerprint density at radius 1 is 1.23 bits per heavy atom. The van der Waals surface area contributed by atoms with Crippen molar-refractivity contribution >= 4 is 21.4 Å². The van der Waals surface area contributed by atoms with Crippen LogP contribution in [-0.4, -0.2) is 13.3 Å². The largest absolute Gasteiger partial charge is 0.375 e. The van der Waals surface area contributed by atoms with Gasteiger partial charge in [0.1, 0.15) is 5.69 Å². The van der Waals surface area contributed by atoms with Crippen LogP contribution < -0.4 is 10.5 Å². The summed E-state index contributed by atoms with van der Waals surface area (Å²) in [5.74, 6) is 0. The van der Waals surface area contributed by atoms with Gasteiger partial charge in [0.2, 0.25) is 10.0 Å². The number of hydrogen-bond donors (Lipinski definition) is 2. The van der Waals surface area contributed by atoms with Gasteiger partial charge in [0.25, 0.3) is 5.69 Å². The fourth-order valence-electron chi connectivity index (χ4n) is 1.99. The van der Waals surface area contributed by atoms with Crippen LogP contribution in [0.3, 0.4) is 0 Å². The Balaban J connectivity index is 2.31. The summed E-state index contributed by atoms with van der Waals surface area (Å²) < 4.78 is 22.6. The Morgan fingerprint density at radius 2 is 1.91 bits per heavy atom. The van der Waals surface area contributed by atoms with E-state index in [9.17, 15) is 18.5 Å². The number of nitro benzene ring substituents is 1. The van der Waals surface area contributed by atoms with Gasteiger partial charge in [-0.2, -0.15) is 0 Å². The molecule has 3 N–H and O–H groups in total. The van der Waals surface area contributed by atoms with Crippen LogP contribution in [0.15, 0.2) is 47.4 Å². The second kappa shape index (κ2) is 6.12. The first kappa shape index (κ1) is 15.9. The second-order valence-electron chi connectivity index (χ2n) is 4.76. The lowest BCUT2D eigenvalue weighted by molar-refractivity contribution is -0.384. The number of benzene rings is 2. The third kappa shape index (κ3) is 3.60. The third-order valence-corrected chi connectivity index (χ3v) is 4.14. The summed E-state index contributed by atoms with van der Waals surface area (Å²) in [6.45, 7) is 2.33. The van der Waals surface area contributed by atoms with Crippen LogP contribution in [0.5, 0.6) is 0 Å². The first-order valence-corrected chi connectivity index (χ1v) is 7.93. The molecule has 0 bridgehead atoms. The fraction of sp³-hybridized carbons (Fsp3) is 0.143. The third-order valence-electron chi connectivity index (χ3n) is 3.22. The van der Waals surface area contributed by atoms with Crippen molar-refractivity contribution in [3.63, 3.8) is 0 Å². The maximum absolute atomic E-state index is 11.3. The van der Waals surface area contributed by atoms with Gasteiger partial charge >= 0.3 is 0 Å². The van der Waals surface area contributed by atoms with Gasteiger partial charge in [-0.25, -0.2) is 13.6 Å². The molecule has 0 fully saturated rings. The average Bonchev–Trinajstić information content (AvgIpc) is 2.45. The minimum atomic E-state index is -3.98. The van der Waals surface area contributed by atoms with E-state index in [2.05, 4.69) is 5.32 Å². The average molecular weight is 321 g/mol. The minimum Gasteiger partial charge on any atom is -0.375 e. The molecule has 22 heavy (non-hydrogen) atoms. The number of nitro groups is 1. The van der Waals surface area contributed by atoms with Crippen LogP contribution in [0.25, 0.3) is 0 Å². The zero-order valence-corrected chi connectivity index (χ0v) is 12.6. The Morgan fingerprint density at radius 3 is 2.50 bits per heavy atom. The van der Waals surface area contributed by atoms with Gasteiger partial charge in [0.15, 0.2) is 0 Å². The SMILES string of the molecule is Cc1ccccc1CNc1ccc(S(N)(=O)=O)cc1[N+](=O)[O-]. The zero-order chi connectivity index (χ0) is 16.3. The first-order chi connectivity index (χ1) is 10.3. The number of sulfonamides is 1. The molecule has 0 aromatic heterocycles. The fourth-order valence-corrected chi connectivity index (χ4v) is 2.52. The molecule has 0 atom stereocenters. The molecule has 0 heterocycles. The van der Waals surface area contributed by atoms with Gasteiger partial charge < -0.3 is 5.32 Å². The summed E-state index contributed by atoms with van der Waals surface area (Å²) in [7, 11) is -3.98. The van der Waals surface area contributed by atoms with E-state index >= 15 is 0 Å². The molecule has 0 saturated carbocycles. The monoisotopic (exact) mass is 321 g/mol. The molecule has 2 rings (SSSR count). The van der Waals surface area contributed by atoms with Crippen LogP contribution in [0.1, 0.15) is 11.1 Å². The molecule has 8 heteroatoms. The summed E-state index contributed by atoms with van der Waals surface area (Å²) >= 11 is 0. The van der Waals surface area contributed by atoms with Gasteiger partial charge in [-0.15, -0.1) is 0 Å². The summed E-state index contributed by atoms with van der Waals surface area (Å²) in [4.78, 5) is 10.2. The molecule has 0 saturated heterocycles. The predicted octanol–water partition coefficient (Wildman–Crippen LogP) is 2.16. The number of nitrogens with two attached hydrogens (primary N) is 1. The number of primary sulfonamides is 1. The van der Waals surface area contributed by atoms with Crippen molar-refractivity contribution < 1.29 is 13.3 Å². The number of rotatable bonds is 5. The van der Waals surface area contributed by atoms with E-state index in [1.807, 2.05) is 31.2 Å². The zero-order valence-electron chi connectivity index (χ0n) is 11.8. The van der Waals surface area contributed by atoms with E-state index in [4.69, 9.17) is 5.14 Å². The van der Waals surface area contributed by atoms with Gasteiger partial charge in [0, 0.05) is 12.6 Å². The van der Waals surface area contributed by atoms with Crippen molar-refractivity contribution in [3.8, 4) is 0 Å². The molecule has 7 nitrogen and oxygen atoms in total. The van der Waals surface area contributed by atoms with Crippen molar-refractivity contribution in [3.05, 3.63) is 63.7 Å². The highest BCUT2D eigenvalue weighted by molar-refractivity contribution is 7.89. The van der Waals surface area contributed by atoms with E-state index in [1.165, 1.54) is 12.1 Å². The number of hydrogen-bond acceptors (Lipinski definition) is 5. The maximum atomic E-state index is 11.3. The first-order valence-electron chi connectivity index (χ1n) is 6.38. The second-order valence-corrected chi connectivity index (χ2v) is 6.32. The Kier molecular flexibility index (Phi) is 4.43. The van der Waals surface area contributed by atoms with Crippen molar-refractivity contribution in [2.24, 2.45) is 5.14 Å². The molecule has 116 valence electrons. The Labute approximate surface area is 128 Å². The van der Waals surface area contributed by atoms with Crippen LogP contribution in [0.4, 0.5) is 11.4 Å². The number of nitrogens with zero attached hydrogens (tertiary/aromatic N) is 1. The smallest absolute Gasteiger partial charge is 0.293 e. The summed E-state index contributed by atoms with van der Waals surface area (Å²) in [5, 5.41) is 19.1. The van der Waals surface area contributed by atoms with Crippen molar-refractivity contribution in [2.45, 2.75) is 18.4 Å². The lowest BCUT2D eigenvalue weighted by atomic mass is 10.1. The highest BCUT2D eigenvalue weighted by Crippen LogP contribution is 2.27. The lowest BCUT2D eigenvalue weighted by Gasteiger charge is -2.10. The lowest BCUT2D eigenvalue weighted by Crippen LogP contribution is -2.13. The van der Waals surface area contributed by atoms with Crippen LogP contribution in [-0.2, 0) is 16.6 Å². The van der Waals surface area contributed by atoms with E-state index in [0.29, 0.717) is 6.54 Å².